The van der Waals surface area contributed by atoms with Crippen LogP contribution in [0.5, 0.6) is 34.5 Å². The maximum Gasteiger partial charge on any atom is 0.340 e. The van der Waals surface area contributed by atoms with Crippen molar-refractivity contribution in [2.45, 2.75) is 43.0 Å². The molecule has 0 aliphatic carbocycles. The summed E-state index contributed by atoms with van der Waals surface area (Å²) in [6.45, 7) is -0.989. The average molecular weight is 622 g/mol. The number of benzene rings is 2. The molecule has 0 saturated carbocycles. The van der Waals surface area contributed by atoms with Crippen molar-refractivity contribution < 1.29 is 88.5 Å². The molecular weight excluding hydrogens is 600 g/mol. The molecule has 3 aliphatic heterocycles. The van der Waals surface area contributed by atoms with Crippen molar-refractivity contribution in [2.75, 3.05) is 6.61 Å². The summed E-state index contributed by atoms with van der Waals surface area (Å²) in [6.07, 6.45) is -11.0. The third-order valence-electron chi connectivity index (χ3n) is 7.18. The minimum atomic E-state index is -2.12. The van der Waals surface area contributed by atoms with E-state index in [4.69, 9.17) is 23.7 Å². The molecule has 0 bridgehead atoms. The summed E-state index contributed by atoms with van der Waals surface area (Å²) in [5.41, 5.74) is -1.78. The Kier molecular flexibility index (Phi) is 7.58. The highest BCUT2D eigenvalue weighted by Gasteiger charge is 2.55. The van der Waals surface area contributed by atoms with E-state index >= 15 is 0 Å². The number of phenols is 5. The molecule has 8 N–H and O–H groups in total. The van der Waals surface area contributed by atoms with Crippen LogP contribution in [0.3, 0.4) is 0 Å². The number of carboxylic acids is 1. The molecule has 0 amide bonds. The molecule has 5 rings (SSSR count). The van der Waals surface area contributed by atoms with Gasteiger partial charge in [-0.05, 0) is 18.2 Å². The summed E-state index contributed by atoms with van der Waals surface area (Å²) < 4.78 is 26.3. The van der Waals surface area contributed by atoms with Crippen LogP contribution >= 0.6 is 0 Å². The summed E-state index contributed by atoms with van der Waals surface area (Å²) in [5.74, 6) is -16.6. The molecule has 2 aromatic rings. The van der Waals surface area contributed by atoms with E-state index in [1.807, 2.05) is 0 Å². The van der Waals surface area contributed by atoms with Crippen LogP contribution in [0.4, 0.5) is 0 Å². The molecule has 3 heterocycles. The third kappa shape index (κ3) is 4.99. The van der Waals surface area contributed by atoms with Crippen LogP contribution in [0.15, 0.2) is 18.2 Å². The Morgan fingerprint density at radius 3 is 2.11 bits per heavy atom. The number of carbonyl (C=O) groups is 5. The molecule has 0 aromatic heterocycles. The summed E-state index contributed by atoms with van der Waals surface area (Å²) in [4.78, 5) is 64.5. The monoisotopic (exact) mass is 622 g/mol. The van der Waals surface area contributed by atoms with Gasteiger partial charge in [-0.1, -0.05) is 0 Å². The van der Waals surface area contributed by atoms with E-state index in [2.05, 4.69) is 0 Å². The molecule has 0 radical (unpaired) electrons. The van der Waals surface area contributed by atoms with Crippen LogP contribution in [0, 0.1) is 5.92 Å². The molecule has 3 aliphatic rings. The second-order valence-corrected chi connectivity index (χ2v) is 9.89. The Morgan fingerprint density at radius 2 is 1.50 bits per heavy atom. The van der Waals surface area contributed by atoms with Crippen molar-refractivity contribution in [1.82, 2.24) is 0 Å². The van der Waals surface area contributed by atoms with Gasteiger partial charge in [-0.15, -0.1) is 0 Å². The van der Waals surface area contributed by atoms with Crippen LogP contribution in [-0.4, -0.2) is 108 Å². The van der Waals surface area contributed by atoms with Gasteiger partial charge in [0.2, 0.25) is 18.1 Å². The Balaban J connectivity index is 1.62. The predicted molar refractivity (Wildman–Crippen MR) is 132 cm³/mol. The van der Waals surface area contributed by atoms with Crippen LogP contribution in [0.1, 0.15) is 38.6 Å². The minimum absolute atomic E-state index is 0.522. The lowest BCUT2D eigenvalue weighted by Gasteiger charge is -2.43. The molecule has 18 nitrogen and oxygen atoms in total. The fourth-order valence-corrected chi connectivity index (χ4v) is 5.10. The van der Waals surface area contributed by atoms with E-state index < -0.39 is 137 Å². The number of fused-ring (bicyclic) bond motifs is 1. The van der Waals surface area contributed by atoms with Crippen LogP contribution in [0.2, 0.25) is 0 Å². The number of ether oxygens (including phenoxy) is 5. The van der Waals surface area contributed by atoms with E-state index in [0.29, 0.717) is 18.2 Å². The standard InChI is InChI=1S/C26H22O18/c27-5-12-18(35)20-21(26(40-12)44-22(36)6-1-9(28)16(33)10(29)2-6)43-23(37)7-3-11(30)17(34)19-14(7)15(25(39)41-19)8(4-13(31)32)24(38)42-20/h1-3,8,12,15,18,20-21,26-30,33-35H,4-5H2,(H,31,32)/t8-,12+,15-,18+,20-,21+,26-/m0/s1. The first-order valence-corrected chi connectivity index (χ1v) is 12.6. The SMILES string of the molecule is O=C(O)C[C@@H]1C(=O)O[C@H]2[C@H](O)[C@@H](CO)O[C@@H](OC(=O)c3cc(O)c(O)c(O)c3)[C@@H]2OC(=O)c2cc(O)c(O)c3c2[C@H]1C(=O)O3. The molecule has 2 aromatic carbocycles. The second kappa shape index (κ2) is 11.1. The topological polar surface area (TPSA) is 293 Å². The average Bonchev–Trinajstić information content (AvgIpc) is 3.31. The van der Waals surface area contributed by atoms with Gasteiger partial charge < -0.3 is 64.5 Å². The van der Waals surface area contributed by atoms with Gasteiger partial charge in [0.1, 0.15) is 18.1 Å². The largest absolute Gasteiger partial charge is 0.504 e. The van der Waals surface area contributed by atoms with Gasteiger partial charge in [0, 0.05) is 5.56 Å². The summed E-state index contributed by atoms with van der Waals surface area (Å²) in [5, 5.41) is 79.8. The van der Waals surface area contributed by atoms with Gasteiger partial charge in [0.25, 0.3) is 0 Å². The highest BCUT2D eigenvalue weighted by atomic mass is 16.7. The molecule has 234 valence electrons. The first-order valence-electron chi connectivity index (χ1n) is 12.6. The molecule has 18 heteroatoms. The lowest BCUT2D eigenvalue weighted by molar-refractivity contribution is -0.288. The first-order chi connectivity index (χ1) is 20.7. The van der Waals surface area contributed by atoms with Gasteiger partial charge in [0.05, 0.1) is 30.1 Å². The Labute approximate surface area is 243 Å². The Bertz CT molecular complexity index is 1560. The number of rotatable bonds is 5. The molecule has 1 fully saturated rings. The lowest BCUT2D eigenvalue weighted by Crippen LogP contribution is -2.62. The number of aromatic hydroxyl groups is 5. The summed E-state index contributed by atoms with van der Waals surface area (Å²) in [7, 11) is 0. The van der Waals surface area contributed by atoms with Gasteiger partial charge in [-0.25, -0.2) is 9.59 Å². The predicted octanol–water partition coefficient (Wildman–Crippen LogP) is -1.31. The maximum absolute atomic E-state index is 13.5. The normalized spacial score (nSPS) is 27.7. The van der Waals surface area contributed by atoms with Crippen molar-refractivity contribution in [3.8, 4) is 34.5 Å². The summed E-state index contributed by atoms with van der Waals surface area (Å²) in [6, 6.07) is 2.02. The zero-order chi connectivity index (χ0) is 32.2. The van der Waals surface area contributed by atoms with Crippen molar-refractivity contribution in [3.63, 3.8) is 0 Å². The number of carboxylic acid groups (broad SMARTS) is 1. The van der Waals surface area contributed by atoms with Crippen molar-refractivity contribution in [2.24, 2.45) is 5.92 Å². The molecular formula is C26H22O18. The quantitative estimate of drug-likeness (QED) is 0.0831. The minimum Gasteiger partial charge on any atom is -0.504 e. The number of aliphatic hydroxyl groups is 2. The smallest absolute Gasteiger partial charge is 0.340 e. The maximum atomic E-state index is 13.5. The number of aliphatic hydroxyl groups excluding tert-OH is 2. The Morgan fingerprint density at radius 1 is 0.864 bits per heavy atom. The van der Waals surface area contributed by atoms with E-state index in [1.54, 1.807) is 0 Å². The zero-order valence-corrected chi connectivity index (χ0v) is 21.8. The summed E-state index contributed by atoms with van der Waals surface area (Å²) >= 11 is 0. The number of phenolic OH excluding ortho intramolecular Hbond substituents is 5. The number of aliphatic carboxylic acids is 1. The van der Waals surface area contributed by atoms with E-state index in [9.17, 15) is 64.8 Å². The number of carbonyl (C=O) groups excluding carboxylic acids is 4. The van der Waals surface area contributed by atoms with Gasteiger partial charge in [-0.3, -0.25) is 14.4 Å². The van der Waals surface area contributed by atoms with Crippen LogP contribution < -0.4 is 4.74 Å². The number of hydrogen-bond acceptors (Lipinski definition) is 17. The van der Waals surface area contributed by atoms with E-state index in [0.717, 1.165) is 0 Å². The van der Waals surface area contributed by atoms with Gasteiger partial charge >= 0.3 is 29.8 Å². The molecule has 44 heavy (non-hydrogen) atoms. The van der Waals surface area contributed by atoms with Crippen LogP contribution in [-0.2, 0) is 33.3 Å². The van der Waals surface area contributed by atoms with Gasteiger partial charge in [-0.2, -0.15) is 0 Å². The van der Waals surface area contributed by atoms with Crippen molar-refractivity contribution >= 4 is 29.8 Å². The van der Waals surface area contributed by atoms with Crippen molar-refractivity contribution in [1.29, 1.82) is 0 Å². The highest BCUT2D eigenvalue weighted by Crippen LogP contribution is 2.52. The number of esters is 4. The second-order valence-electron chi connectivity index (χ2n) is 9.89. The van der Waals surface area contributed by atoms with Crippen LogP contribution in [0.25, 0.3) is 0 Å². The molecule has 7 atom stereocenters. The van der Waals surface area contributed by atoms with Gasteiger partial charge in [0.15, 0.2) is 34.9 Å². The molecule has 0 unspecified atom stereocenters. The fourth-order valence-electron chi connectivity index (χ4n) is 5.10. The van der Waals surface area contributed by atoms with Crippen molar-refractivity contribution in [3.05, 3.63) is 34.9 Å². The van der Waals surface area contributed by atoms with E-state index in [1.165, 1.54) is 0 Å². The third-order valence-corrected chi connectivity index (χ3v) is 7.18. The molecule has 0 spiro atoms. The number of hydrogen-bond donors (Lipinski definition) is 8. The zero-order valence-electron chi connectivity index (χ0n) is 21.8. The fraction of sp³-hybridized carbons (Fsp3) is 0.346. The first kappa shape index (κ1) is 30.1. The lowest BCUT2D eigenvalue weighted by atomic mass is 9.82. The van der Waals surface area contributed by atoms with E-state index in [-0.39, 0.29) is 0 Å². The highest BCUT2D eigenvalue weighted by molar-refractivity contribution is 6.02. The molecule has 1 saturated heterocycles. The Hall–Kier alpha value is -5.33.